The van der Waals surface area contributed by atoms with Crippen LogP contribution in [0.4, 0.5) is 0 Å². The largest absolute Gasteiger partial charge is 0.304 e. The molecule has 0 radical (unpaired) electrons. The van der Waals surface area contributed by atoms with Crippen molar-refractivity contribution >= 4 is 11.3 Å². The fraction of sp³-hybridized carbons (Fsp3) is 0.588. The SMILES string of the molecule is CCCNC(c1ccn(C)n1)c1cc2c(s1)CCCCC2. The maximum Gasteiger partial charge on any atom is 0.0863 e. The zero-order valence-corrected chi connectivity index (χ0v) is 13.9. The van der Waals surface area contributed by atoms with Gasteiger partial charge in [-0.25, -0.2) is 0 Å². The number of nitrogens with zero attached hydrogens (tertiary/aromatic N) is 2. The number of hydrogen-bond donors (Lipinski definition) is 1. The lowest BCUT2D eigenvalue weighted by Crippen LogP contribution is -2.23. The molecule has 1 aliphatic carbocycles. The van der Waals surface area contributed by atoms with Crippen molar-refractivity contribution in [2.24, 2.45) is 7.05 Å². The van der Waals surface area contributed by atoms with E-state index in [1.165, 1.54) is 37.0 Å². The van der Waals surface area contributed by atoms with Crippen molar-refractivity contribution in [2.45, 2.75) is 51.5 Å². The molecule has 1 N–H and O–H groups in total. The van der Waals surface area contributed by atoms with Gasteiger partial charge in [-0.05, 0) is 56.3 Å². The summed E-state index contributed by atoms with van der Waals surface area (Å²) in [5.41, 5.74) is 2.73. The molecule has 3 nitrogen and oxygen atoms in total. The summed E-state index contributed by atoms with van der Waals surface area (Å²) in [4.78, 5) is 3.05. The van der Waals surface area contributed by atoms with Gasteiger partial charge in [0.2, 0.25) is 0 Å². The standard InChI is InChI=1S/C17H25N3S/c1-3-10-18-17(14-9-11-20(2)19-14)16-12-13-7-5-4-6-8-15(13)21-16/h9,11-12,17-18H,3-8,10H2,1-2H3. The Balaban J connectivity index is 1.89. The molecule has 1 unspecified atom stereocenters. The van der Waals surface area contributed by atoms with Gasteiger partial charge >= 0.3 is 0 Å². The summed E-state index contributed by atoms with van der Waals surface area (Å²) in [7, 11) is 1.99. The van der Waals surface area contributed by atoms with Crippen LogP contribution in [0.25, 0.3) is 0 Å². The van der Waals surface area contributed by atoms with Crippen molar-refractivity contribution in [3.63, 3.8) is 0 Å². The Hall–Kier alpha value is -1.13. The Labute approximate surface area is 131 Å². The molecule has 4 heteroatoms. The summed E-state index contributed by atoms with van der Waals surface area (Å²) < 4.78 is 1.90. The summed E-state index contributed by atoms with van der Waals surface area (Å²) in [5.74, 6) is 0. The Morgan fingerprint density at radius 1 is 1.33 bits per heavy atom. The molecule has 21 heavy (non-hydrogen) atoms. The van der Waals surface area contributed by atoms with Gasteiger partial charge in [-0.1, -0.05) is 13.3 Å². The molecule has 0 aliphatic heterocycles. The smallest absolute Gasteiger partial charge is 0.0863 e. The van der Waals surface area contributed by atoms with E-state index in [0.29, 0.717) is 0 Å². The van der Waals surface area contributed by atoms with E-state index < -0.39 is 0 Å². The van der Waals surface area contributed by atoms with E-state index in [1.54, 1.807) is 10.4 Å². The Morgan fingerprint density at radius 3 is 2.95 bits per heavy atom. The highest BCUT2D eigenvalue weighted by molar-refractivity contribution is 7.12. The Morgan fingerprint density at radius 2 is 2.19 bits per heavy atom. The summed E-state index contributed by atoms with van der Waals surface area (Å²) in [5, 5.41) is 8.30. The second-order valence-corrected chi connectivity index (χ2v) is 7.13. The van der Waals surface area contributed by atoms with Gasteiger partial charge in [-0.3, -0.25) is 4.68 Å². The van der Waals surface area contributed by atoms with Gasteiger partial charge in [-0.15, -0.1) is 11.3 Å². The highest BCUT2D eigenvalue weighted by atomic mass is 32.1. The molecule has 2 aromatic rings. The van der Waals surface area contributed by atoms with Crippen molar-refractivity contribution in [3.05, 3.63) is 39.3 Å². The van der Waals surface area contributed by atoms with Crippen LogP contribution >= 0.6 is 11.3 Å². The number of thiophene rings is 1. The maximum atomic E-state index is 4.63. The van der Waals surface area contributed by atoms with E-state index in [1.807, 2.05) is 29.3 Å². The van der Waals surface area contributed by atoms with E-state index in [-0.39, 0.29) is 6.04 Å². The number of fused-ring (bicyclic) bond motifs is 1. The van der Waals surface area contributed by atoms with Crippen LogP contribution in [0.5, 0.6) is 0 Å². The number of nitrogens with one attached hydrogen (secondary N) is 1. The normalized spacial score (nSPS) is 16.5. The third-order valence-electron chi connectivity index (χ3n) is 4.18. The van der Waals surface area contributed by atoms with Crippen molar-refractivity contribution < 1.29 is 0 Å². The zero-order chi connectivity index (χ0) is 14.7. The van der Waals surface area contributed by atoms with Crippen LogP contribution in [-0.2, 0) is 19.9 Å². The summed E-state index contributed by atoms with van der Waals surface area (Å²) in [6.45, 7) is 3.25. The fourth-order valence-electron chi connectivity index (χ4n) is 3.06. The van der Waals surface area contributed by atoms with Crippen molar-refractivity contribution in [1.82, 2.24) is 15.1 Å². The molecule has 2 heterocycles. The molecule has 0 saturated heterocycles. The minimum Gasteiger partial charge on any atom is -0.304 e. The lowest BCUT2D eigenvalue weighted by molar-refractivity contribution is 0.582. The van der Waals surface area contributed by atoms with Crippen molar-refractivity contribution in [3.8, 4) is 0 Å². The topological polar surface area (TPSA) is 29.9 Å². The Bertz CT molecular complexity index is 561. The molecule has 114 valence electrons. The summed E-state index contributed by atoms with van der Waals surface area (Å²) in [6.07, 6.45) is 9.79. The molecule has 0 amide bonds. The van der Waals surface area contributed by atoms with Crippen LogP contribution in [0.3, 0.4) is 0 Å². The minimum atomic E-state index is 0.253. The first-order valence-corrected chi connectivity index (χ1v) is 8.94. The van der Waals surface area contributed by atoms with Crippen LogP contribution in [-0.4, -0.2) is 16.3 Å². The molecular formula is C17H25N3S. The summed E-state index contributed by atoms with van der Waals surface area (Å²) in [6, 6.07) is 4.83. The first kappa shape index (κ1) is 14.8. The number of hydrogen-bond acceptors (Lipinski definition) is 3. The fourth-order valence-corrected chi connectivity index (χ4v) is 4.41. The minimum absolute atomic E-state index is 0.253. The molecule has 3 rings (SSSR count). The summed E-state index contributed by atoms with van der Waals surface area (Å²) >= 11 is 2.00. The third kappa shape index (κ3) is 3.38. The zero-order valence-electron chi connectivity index (χ0n) is 13.1. The lowest BCUT2D eigenvalue weighted by Gasteiger charge is -2.15. The molecule has 1 aliphatic rings. The maximum absolute atomic E-state index is 4.63. The third-order valence-corrected chi connectivity index (χ3v) is 5.48. The van der Waals surface area contributed by atoms with E-state index in [2.05, 4.69) is 29.5 Å². The highest BCUT2D eigenvalue weighted by Crippen LogP contribution is 2.34. The molecule has 1 atom stereocenters. The molecule has 0 saturated carbocycles. The van der Waals surface area contributed by atoms with E-state index in [4.69, 9.17) is 0 Å². The Kier molecular flexibility index (Phi) is 4.76. The molecule has 0 fully saturated rings. The average molecular weight is 303 g/mol. The first-order valence-electron chi connectivity index (χ1n) is 8.12. The van der Waals surface area contributed by atoms with Gasteiger partial charge in [-0.2, -0.15) is 5.10 Å². The highest BCUT2D eigenvalue weighted by Gasteiger charge is 2.21. The second-order valence-electron chi connectivity index (χ2n) is 5.96. The predicted molar refractivity (Wildman–Crippen MR) is 88.9 cm³/mol. The van der Waals surface area contributed by atoms with E-state index in [9.17, 15) is 0 Å². The lowest BCUT2D eigenvalue weighted by atomic mass is 10.1. The van der Waals surface area contributed by atoms with Crippen LogP contribution in [0.15, 0.2) is 18.3 Å². The molecular weight excluding hydrogens is 278 g/mol. The van der Waals surface area contributed by atoms with Gasteiger partial charge in [0.05, 0.1) is 11.7 Å². The van der Waals surface area contributed by atoms with Gasteiger partial charge in [0, 0.05) is 23.0 Å². The average Bonchev–Trinajstić information content (AvgIpc) is 3.01. The quantitative estimate of drug-likeness (QED) is 0.851. The monoisotopic (exact) mass is 303 g/mol. The molecule has 0 aromatic carbocycles. The molecule has 0 bridgehead atoms. The van der Waals surface area contributed by atoms with Gasteiger partial charge in [0.15, 0.2) is 0 Å². The van der Waals surface area contributed by atoms with E-state index >= 15 is 0 Å². The van der Waals surface area contributed by atoms with E-state index in [0.717, 1.165) is 18.7 Å². The van der Waals surface area contributed by atoms with Crippen LogP contribution < -0.4 is 5.32 Å². The molecule has 0 spiro atoms. The first-order chi connectivity index (χ1) is 10.3. The number of aryl methyl sites for hydroxylation is 3. The van der Waals surface area contributed by atoms with Crippen LogP contribution in [0.1, 0.15) is 59.7 Å². The number of rotatable bonds is 5. The van der Waals surface area contributed by atoms with Crippen LogP contribution in [0, 0.1) is 0 Å². The number of aromatic nitrogens is 2. The van der Waals surface area contributed by atoms with Gasteiger partial charge in [0.1, 0.15) is 0 Å². The second kappa shape index (κ2) is 6.75. The van der Waals surface area contributed by atoms with Gasteiger partial charge in [0.25, 0.3) is 0 Å². The van der Waals surface area contributed by atoms with Gasteiger partial charge < -0.3 is 5.32 Å². The molecule has 2 aromatic heterocycles. The van der Waals surface area contributed by atoms with Crippen LogP contribution in [0.2, 0.25) is 0 Å². The predicted octanol–water partition coefficient (Wildman–Crippen LogP) is 3.84. The van der Waals surface area contributed by atoms with Crippen molar-refractivity contribution in [2.75, 3.05) is 6.54 Å². The van der Waals surface area contributed by atoms with Crippen molar-refractivity contribution in [1.29, 1.82) is 0 Å².